The molecule has 3 amide bonds. The summed E-state index contributed by atoms with van der Waals surface area (Å²) in [6.07, 6.45) is -0.201. The monoisotopic (exact) mass is 551 g/mol. The number of carbonyl (C=O) groups is 3. The molecule has 2 aliphatic heterocycles. The fraction of sp³-hybridized carbons (Fsp3) is 0.516. The molecule has 4 rings (SSSR count). The molecule has 9 nitrogen and oxygen atoms in total. The van der Waals surface area contributed by atoms with E-state index in [1.807, 2.05) is 51.1 Å². The highest BCUT2D eigenvalue weighted by molar-refractivity contribution is 6.07. The first kappa shape index (κ1) is 29.2. The summed E-state index contributed by atoms with van der Waals surface area (Å²) in [4.78, 5) is 41.4. The Kier molecular flexibility index (Phi) is 8.33. The summed E-state index contributed by atoms with van der Waals surface area (Å²) in [5.74, 6) is 0.669. The molecule has 0 bridgehead atoms. The zero-order valence-electron chi connectivity index (χ0n) is 24.6. The Hall–Kier alpha value is -3.75. The summed E-state index contributed by atoms with van der Waals surface area (Å²) < 4.78 is 16.7. The van der Waals surface area contributed by atoms with Crippen molar-refractivity contribution < 1.29 is 28.6 Å². The highest BCUT2D eigenvalue weighted by atomic mass is 16.6. The Morgan fingerprint density at radius 1 is 0.975 bits per heavy atom. The molecule has 40 heavy (non-hydrogen) atoms. The van der Waals surface area contributed by atoms with Crippen LogP contribution in [0.2, 0.25) is 0 Å². The average molecular weight is 552 g/mol. The quantitative estimate of drug-likeness (QED) is 0.484. The summed E-state index contributed by atoms with van der Waals surface area (Å²) in [6.45, 7) is 12.8. The van der Waals surface area contributed by atoms with E-state index < -0.39 is 17.3 Å². The third kappa shape index (κ3) is 6.87. The number of hydrogen-bond acceptors (Lipinski definition) is 7. The number of para-hydroxylation sites is 1. The van der Waals surface area contributed by atoms with Crippen LogP contribution in [0.4, 0.5) is 15.3 Å². The maximum Gasteiger partial charge on any atom is 0.417 e. The molecule has 2 aromatic rings. The Balaban J connectivity index is 1.51. The smallest absolute Gasteiger partial charge is 0.417 e. The molecule has 0 aliphatic carbocycles. The number of fused-ring (bicyclic) bond motifs is 1. The minimum Gasteiger partial charge on any atom is -0.496 e. The zero-order valence-corrected chi connectivity index (χ0v) is 24.6. The number of nitrogens with zero attached hydrogens (tertiary/aromatic N) is 2. The van der Waals surface area contributed by atoms with Crippen molar-refractivity contribution in [2.45, 2.75) is 71.6 Å². The molecule has 1 N–H and O–H groups in total. The maximum atomic E-state index is 13.0. The molecule has 0 unspecified atom stereocenters. The molecular formula is C31H41N3O6. The van der Waals surface area contributed by atoms with Gasteiger partial charge in [-0.15, -0.1) is 0 Å². The Labute approximate surface area is 236 Å². The highest BCUT2D eigenvalue weighted by Gasteiger charge is 2.37. The van der Waals surface area contributed by atoms with Crippen molar-refractivity contribution in [1.29, 1.82) is 0 Å². The van der Waals surface area contributed by atoms with Gasteiger partial charge in [0.05, 0.1) is 13.7 Å². The number of nitrogens with one attached hydrogen (secondary N) is 1. The zero-order chi connectivity index (χ0) is 29.2. The second-order valence-electron chi connectivity index (χ2n) is 12.4. The first-order chi connectivity index (χ1) is 18.8. The summed E-state index contributed by atoms with van der Waals surface area (Å²) in [6, 6.07) is 13.6. The number of likely N-dealkylation sites (tertiary alicyclic amines) is 1. The van der Waals surface area contributed by atoms with Crippen molar-refractivity contribution in [2.75, 3.05) is 32.1 Å². The molecule has 2 aromatic carbocycles. The van der Waals surface area contributed by atoms with Crippen LogP contribution in [-0.4, -0.2) is 65.8 Å². The van der Waals surface area contributed by atoms with Gasteiger partial charge in [0, 0.05) is 36.8 Å². The van der Waals surface area contributed by atoms with Crippen molar-refractivity contribution in [3.8, 4) is 5.75 Å². The van der Waals surface area contributed by atoms with E-state index >= 15 is 0 Å². The first-order valence-electron chi connectivity index (χ1n) is 13.8. The number of carbonyl (C=O) groups excluding carboxylic acids is 3. The van der Waals surface area contributed by atoms with Crippen LogP contribution in [0, 0.1) is 5.92 Å². The minimum atomic E-state index is -0.690. The lowest BCUT2D eigenvalue weighted by Gasteiger charge is -2.40. The number of methoxy groups -OCH3 is 1. The van der Waals surface area contributed by atoms with Crippen molar-refractivity contribution in [3.05, 3.63) is 59.2 Å². The van der Waals surface area contributed by atoms with Crippen LogP contribution in [0.25, 0.3) is 0 Å². The van der Waals surface area contributed by atoms with Crippen LogP contribution in [-0.2, 0) is 16.0 Å². The molecular weight excluding hydrogens is 510 g/mol. The molecule has 2 aliphatic rings. The standard InChI is InChI=1S/C31H41N3O6/c1-30(2,3)39-28(36)33-15-14-23(24-10-8-9-11-26(24)38-7)21(18-33)17-32-22-13-12-20-19-34(27(35)25(20)16-22)29(37)40-31(4,5)6/h8-13,16,21,23,32H,14-15,17-19H2,1-7H3/t21-,23-/m1/s1. The third-order valence-corrected chi connectivity index (χ3v) is 7.02. The van der Waals surface area contributed by atoms with E-state index in [4.69, 9.17) is 14.2 Å². The van der Waals surface area contributed by atoms with E-state index in [2.05, 4.69) is 11.4 Å². The van der Waals surface area contributed by atoms with Gasteiger partial charge in [0.15, 0.2) is 0 Å². The molecule has 1 fully saturated rings. The Morgan fingerprint density at radius 2 is 1.65 bits per heavy atom. The third-order valence-electron chi connectivity index (χ3n) is 7.02. The second-order valence-corrected chi connectivity index (χ2v) is 12.4. The number of benzene rings is 2. The van der Waals surface area contributed by atoms with Gasteiger partial charge in [-0.25, -0.2) is 14.5 Å². The Bertz CT molecular complexity index is 1260. The van der Waals surface area contributed by atoms with E-state index in [1.54, 1.807) is 38.8 Å². The summed E-state index contributed by atoms with van der Waals surface area (Å²) in [5, 5.41) is 3.49. The van der Waals surface area contributed by atoms with Crippen molar-refractivity contribution in [2.24, 2.45) is 5.92 Å². The number of hydrogen-bond donors (Lipinski definition) is 1. The van der Waals surface area contributed by atoms with Gasteiger partial charge >= 0.3 is 12.2 Å². The number of ether oxygens (including phenoxy) is 3. The van der Waals surface area contributed by atoms with Crippen LogP contribution < -0.4 is 10.1 Å². The van der Waals surface area contributed by atoms with Gasteiger partial charge in [0.1, 0.15) is 17.0 Å². The van der Waals surface area contributed by atoms with Gasteiger partial charge in [0.25, 0.3) is 5.91 Å². The summed E-state index contributed by atoms with van der Waals surface area (Å²) >= 11 is 0. The SMILES string of the molecule is COc1ccccc1[C@@H]1CCN(C(=O)OC(C)(C)C)C[C@H]1CNc1ccc2c(c1)C(=O)N(C(=O)OC(C)(C)C)C2. The molecule has 2 atom stereocenters. The molecule has 1 saturated heterocycles. The number of amides is 3. The van der Waals surface area contributed by atoms with Crippen molar-refractivity contribution in [1.82, 2.24) is 9.80 Å². The normalized spacial score (nSPS) is 19.2. The average Bonchev–Trinajstić information content (AvgIpc) is 3.21. The Morgan fingerprint density at radius 3 is 2.33 bits per heavy atom. The molecule has 216 valence electrons. The van der Waals surface area contributed by atoms with E-state index in [0.717, 1.165) is 33.9 Å². The van der Waals surface area contributed by atoms with Gasteiger partial charge < -0.3 is 24.4 Å². The number of rotatable bonds is 5. The number of anilines is 1. The number of piperidine rings is 1. The van der Waals surface area contributed by atoms with Crippen LogP contribution in [0.5, 0.6) is 5.75 Å². The van der Waals surface area contributed by atoms with Crippen LogP contribution in [0.1, 0.15) is 75.4 Å². The molecule has 2 heterocycles. The summed E-state index contributed by atoms with van der Waals surface area (Å²) in [7, 11) is 1.67. The predicted molar refractivity (Wildman–Crippen MR) is 153 cm³/mol. The lowest BCUT2D eigenvalue weighted by atomic mass is 9.80. The van der Waals surface area contributed by atoms with Crippen LogP contribution in [0.15, 0.2) is 42.5 Å². The van der Waals surface area contributed by atoms with Crippen molar-refractivity contribution >= 4 is 23.8 Å². The fourth-order valence-electron chi connectivity index (χ4n) is 5.24. The van der Waals surface area contributed by atoms with Crippen LogP contribution in [0.3, 0.4) is 0 Å². The van der Waals surface area contributed by atoms with Crippen molar-refractivity contribution in [3.63, 3.8) is 0 Å². The van der Waals surface area contributed by atoms with Gasteiger partial charge in [-0.1, -0.05) is 24.3 Å². The molecule has 0 saturated carbocycles. The second kappa shape index (κ2) is 11.4. The first-order valence-corrected chi connectivity index (χ1v) is 13.8. The van der Waals surface area contributed by atoms with Crippen LogP contribution >= 0.6 is 0 Å². The molecule has 0 spiro atoms. The van der Waals surface area contributed by atoms with E-state index in [-0.39, 0.29) is 30.4 Å². The van der Waals surface area contributed by atoms with Gasteiger partial charge in [0.2, 0.25) is 0 Å². The fourth-order valence-corrected chi connectivity index (χ4v) is 5.24. The minimum absolute atomic E-state index is 0.0554. The number of imide groups is 1. The lowest BCUT2D eigenvalue weighted by Crippen LogP contribution is -2.47. The van der Waals surface area contributed by atoms with E-state index in [9.17, 15) is 14.4 Å². The topological polar surface area (TPSA) is 97.4 Å². The predicted octanol–water partition coefficient (Wildman–Crippen LogP) is 6.04. The lowest BCUT2D eigenvalue weighted by molar-refractivity contribution is 0.0150. The summed E-state index contributed by atoms with van der Waals surface area (Å²) in [5.41, 5.74) is 1.88. The van der Waals surface area contributed by atoms with Gasteiger partial charge in [-0.05, 0) is 83.2 Å². The highest BCUT2D eigenvalue weighted by Crippen LogP contribution is 2.38. The van der Waals surface area contributed by atoms with E-state index in [1.165, 1.54) is 0 Å². The largest absolute Gasteiger partial charge is 0.496 e. The van der Waals surface area contributed by atoms with E-state index in [0.29, 0.717) is 25.2 Å². The molecule has 0 aromatic heterocycles. The maximum absolute atomic E-state index is 13.0. The van der Waals surface area contributed by atoms with Gasteiger partial charge in [-0.3, -0.25) is 4.79 Å². The molecule has 9 heteroatoms. The molecule has 0 radical (unpaired) electrons. The van der Waals surface area contributed by atoms with Gasteiger partial charge in [-0.2, -0.15) is 0 Å².